The molecule has 42 heavy (non-hydrogen) atoms. The van der Waals surface area contributed by atoms with Crippen LogP contribution in [0.15, 0.2) is 109 Å². The van der Waals surface area contributed by atoms with Crippen LogP contribution in [0.2, 0.25) is 0 Å². The Morgan fingerprint density at radius 2 is 1.64 bits per heavy atom. The molecule has 5 nitrogen and oxygen atoms in total. The number of halogens is 2. The van der Waals surface area contributed by atoms with Gasteiger partial charge in [-0.05, 0) is 83.3 Å². The van der Waals surface area contributed by atoms with E-state index in [1.54, 1.807) is 35.7 Å². The maximum atomic E-state index is 14.8. The van der Waals surface area contributed by atoms with Crippen LogP contribution < -0.4 is 5.32 Å². The molecule has 0 aliphatic rings. The first kappa shape index (κ1) is 26.9. The molecule has 0 bridgehead atoms. The number of carboxylic acids is 1. The predicted molar refractivity (Wildman–Crippen MR) is 159 cm³/mol. The van der Waals surface area contributed by atoms with Gasteiger partial charge in [-0.1, -0.05) is 54.6 Å². The third kappa shape index (κ3) is 5.24. The third-order valence-corrected chi connectivity index (χ3v) is 7.53. The Morgan fingerprint density at radius 1 is 0.881 bits per heavy atom. The van der Waals surface area contributed by atoms with Gasteiger partial charge in [-0.2, -0.15) is 0 Å². The van der Waals surface area contributed by atoms with E-state index in [1.165, 1.54) is 12.1 Å². The van der Waals surface area contributed by atoms with E-state index in [0.717, 1.165) is 45.7 Å². The molecule has 0 aliphatic heterocycles. The van der Waals surface area contributed by atoms with Gasteiger partial charge in [0.25, 0.3) is 5.91 Å². The Balaban J connectivity index is 1.42. The first-order valence-electron chi connectivity index (χ1n) is 13.5. The molecule has 2 N–H and O–H groups in total. The highest BCUT2D eigenvalue weighted by Gasteiger charge is 2.20. The Labute approximate surface area is 240 Å². The normalized spacial score (nSPS) is 12.0. The van der Waals surface area contributed by atoms with Crippen LogP contribution >= 0.6 is 0 Å². The van der Waals surface area contributed by atoms with E-state index in [0.29, 0.717) is 23.1 Å². The van der Waals surface area contributed by atoms with Crippen LogP contribution in [0.25, 0.3) is 27.4 Å². The topological polar surface area (TPSA) is 70.8 Å². The Morgan fingerprint density at radius 3 is 2.40 bits per heavy atom. The standard InChI is InChI=1S/C35H26F2N2O3/c1-21(23-8-10-25(11-9-23)35(41)42)38-34(40)31-18-28(30-19-29(36)12-13-32(30)37)20-39-15-14-27(33(31)39)17-22-6-7-24-4-2-3-5-26(24)16-22/h2-16,18-21H,17H2,1H3,(H,38,40)(H,41,42)/t21-/m0/s1. The molecule has 1 atom stereocenters. The summed E-state index contributed by atoms with van der Waals surface area (Å²) in [5.74, 6) is -2.61. The van der Waals surface area contributed by atoms with Crippen LogP contribution in [-0.2, 0) is 6.42 Å². The molecule has 6 aromatic rings. The van der Waals surface area contributed by atoms with Gasteiger partial charge in [0, 0.05) is 23.5 Å². The molecule has 0 fully saturated rings. The molecule has 0 saturated carbocycles. The van der Waals surface area contributed by atoms with Gasteiger partial charge in [0.05, 0.1) is 22.7 Å². The average Bonchev–Trinajstić information content (AvgIpc) is 3.40. The van der Waals surface area contributed by atoms with E-state index in [2.05, 4.69) is 35.6 Å². The fourth-order valence-corrected chi connectivity index (χ4v) is 5.34. The number of hydrogen-bond donors (Lipinski definition) is 2. The number of rotatable bonds is 7. The van der Waals surface area contributed by atoms with Gasteiger partial charge in [0.2, 0.25) is 0 Å². The summed E-state index contributed by atoms with van der Waals surface area (Å²) in [6.45, 7) is 1.80. The van der Waals surface area contributed by atoms with Gasteiger partial charge >= 0.3 is 5.97 Å². The second-order valence-electron chi connectivity index (χ2n) is 10.3. The van der Waals surface area contributed by atoms with Gasteiger partial charge in [0.1, 0.15) is 11.6 Å². The number of aromatic carboxylic acids is 1. The zero-order valence-corrected chi connectivity index (χ0v) is 22.6. The summed E-state index contributed by atoms with van der Waals surface area (Å²) in [4.78, 5) is 25.1. The van der Waals surface area contributed by atoms with Crippen LogP contribution in [0, 0.1) is 11.6 Å². The number of nitrogens with zero attached hydrogens (tertiary/aromatic N) is 1. The minimum atomic E-state index is -1.03. The van der Waals surface area contributed by atoms with E-state index in [-0.39, 0.29) is 11.1 Å². The zero-order valence-electron chi connectivity index (χ0n) is 22.6. The summed E-state index contributed by atoms with van der Waals surface area (Å²) >= 11 is 0. The van der Waals surface area contributed by atoms with Crippen molar-refractivity contribution in [3.8, 4) is 11.1 Å². The lowest BCUT2D eigenvalue weighted by atomic mass is 9.98. The number of aromatic nitrogens is 1. The maximum absolute atomic E-state index is 14.8. The minimum Gasteiger partial charge on any atom is -0.478 e. The molecule has 2 heterocycles. The fourth-order valence-electron chi connectivity index (χ4n) is 5.34. The third-order valence-electron chi connectivity index (χ3n) is 7.53. The van der Waals surface area contributed by atoms with E-state index in [4.69, 9.17) is 0 Å². The highest BCUT2D eigenvalue weighted by molar-refractivity contribution is 6.03. The number of nitrogens with one attached hydrogen (secondary N) is 1. The molecular formula is C35H26F2N2O3. The fraction of sp³-hybridized carbons (Fsp3) is 0.0857. The first-order valence-corrected chi connectivity index (χ1v) is 13.5. The molecule has 1 amide bonds. The quantitative estimate of drug-likeness (QED) is 0.209. The lowest BCUT2D eigenvalue weighted by Gasteiger charge is -2.17. The molecule has 0 unspecified atom stereocenters. The number of carboxylic acid groups (broad SMARTS) is 1. The van der Waals surface area contributed by atoms with E-state index in [9.17, 15) is 23.5 Å². The van der Waals surface area contributed by atoms with Gasteiger partial charge in [-0.25, -0.2) is 13.6 Å². The molecule has 0 radical (unpaired) electrons. The van der Waals surface area contributed by atoms with Crippen LogP contribution in [-0.4, -0.2) is 21.4 Å². The zero-order chi connectivity index (χ0) is 29.4. The molecular weight excluding hydrogens is 534 g/mol. The molecule has 4 aromatic carbocycles. The van der Waals surface area contributed by atoms with E-state index in [1.807, 2.05) is 24.4 Å². The molecule has 2 aromatic heterocycles. The number of carbonyl (C=O) groups excluding carboxylic acids is 1. The van der Waals surface area contributed by atoms with E-state index < -0.39 is 29.6 Å². The van der Waals surface area contributed by atoms with Crippen molar-refractivity contribution < 1.29 is 23.5 Å². The van der Waals surface area contributed by atoms with Crippen molar-refractivity contribution in [2.24, 2.45) is 0 Å². The molecule has 7 heteroatoms. The summed E-state index contributed by atoms with van der Waals surface area (Å²) in [5.41, 5.74) is 4.23. The summed E-state index contributed by atoms with van der Waals surface area (Å²) in [5, 5.41) is 14.5. The van der Waals surface area contributed by atoms with Crippen molar-refractivity contribution in [1.82, 2.24) is 9.72 Å². The summed E-state index contributed by atoms with van der Waals surface area (Å²) in [6, 6.07) is 26.9. The van der Waals surface area contributed by atoms with Crippen LogP contribution in [0.4, 0.5) is 8.78 Å². The smallest absolute Gasteiger partial charge is 0.335 e. The highest BCUT2D eigenvalue weighted by atomic mass is 19.1. The lowest BCUT2D eigenvalue weighted by Crippen LogP contribution is -2.27. The van der Waals surface area contributed by atoms with Crippen LogP contribution in [0.1, 0.15) is 50.4 Å². The number of pyridine rings is 1. The van der Waals surface area contributed by atoms with Crippen molar-refractivity contribution in [3.63, 3.8) is 0 Å². The van der Waals surface area contributed by atoms with Crippen molar-refractivity contribution in [3.05, 3.63) is 149 Å². The number of benzene rings is 4. The molecule has 0 spiro atoms. The number of fused-ring (bicyclic) bond motifs is 2. The van der Waals surface area contributed by atoms with Crippen molar-refractivity contribution in [1.29, 1.82) is 0 Å². The maximum Gasteiger partial charge on any atom is 0.335 e. The van der Waals surface area contributed by atoms with Crippen LogP contribution in [0.5, 0.6) is 0 Å². The summed E-state index contributed by atoms with van der Waals surface area (Å²) in [6.07, 6.45) is 4.07. The second-order valence-corrected chi connectivity index (χ2v) is 10.3. The summed E-state index contributed by atoms with van der Waals surface area (Å²) < 4.78 is 30.7. The molecule has 0 aliphatic carbocycles. The van der Waals surface area contributed by atoms with Crippen LogP contribution in [0.3, 0.4) is 0 Å². The Hall–Kier alpha value is -5.30. The summed E-state index contributed by atoms with van der Waals surface area (Å²) in [7, 11) is 0. The molecule has 6 rings (SSSR count). The molecule has 0 saturated heterocycles. The van der Waals surface area contributed by atoms with Crippen molar-refractivity contribution in [2.45, 2.75) is 19.4 Å². The monoisotopic (exact) mass is 560 g/mol. The Bertz CT molecular complexity index is 1980. The van der Waals surface area contributed by atoms with Gasteiger partial charge in [-0.15, -0.1) is 0 Å². The predicted octanol–water partition coefficient (Wildman–Crippen LogP) is 7.82. The Kier molecular flexibility index (Phi) is 7.00. The molecule has 208 valence electrons. The first-order chi connectivity index (χ1) is 20.3. The number of carbonyl (C=O) groups is 2. The SMILES string of the molecule is C[C@H](NC(=O)c1cc(-c2cc(F)ccc2F)cn2ccc(Cc3ccc4ccccc4c3)c12)c1ccc(C(=O)O)cc1. The van der Waals surface area contributed by atoms with E-state index >= 15 is 0 Å². The largest absolute Gasteiger partial charge is 0.478 e. The van der Waals surface area contributed by atoms with Crippen molar-refractivity contribution in [2.75, 3.05) is 0 Å². The van der Waals surface area contributed by atoms with Gasteiger partial charge in [0.15, 0.2) is 0 Å². The second kappa shape index (κ2) is 10.9. The minimum absolute atomic E-state index is 0.0491. The highest BCUT2D eigenvalue weighted by Crippen LogP contribution is 2.30. The van der Waals surface area contributed by atoms with Gasteiger partial charge in [-0.3, -0.25) is 4.79 Å². The average molecular weight is 561 g/mol. The van der Waals surface area contributed by atoms with Gasteiger partial charge < -0.3 is 14.8 Å². The van der Waals surface area contributed by atoms with Crippen molar-refractivity contribution >= 4 is 28.2 Å². The lowest BCUT2D eigenvalue weighted by molar-refractivity contribution is 0.0696. The number of amides is 1. The number of hydrogen-bond acceptors (Lipinski definition) is 2.